The van der Waals surface area contributed by atoms with E-state index in [0.717, 1.165) is 12.1 Å². The molecule has 0 unspecified atom stereocenters. The Morgan fingerprint density at radius 3 is 2.44 bits per heavy atom. The van der Waals surface area contributed by atoms with E-state index >= 15 is 0 Å². The van der Waals surface area contributed by atoms with E-state index in [0.29, 0.717) is 0 Å². The van der Waals surface area contributed by atoms with Gasteiger partial charge in [-0.1, -0.05) is 5.16 Å². The zero-order valence-electron chi connectivity index (χ0n) is 9.82. The minimum atomic E-state index is -4.58. The molecular weight excluding hydrogens is 249 g/mol. The van der Waals surface area contributed by atoms with E-state index in [1.54, 1.807) is 13.8 Å². The Morgan fingerprint density at radius 2 is 2.00 bits per heavy atom. The van der Waals surface area contributed by atoms with Gasteiger partial charge in [0, 0.05) is 5.56 Å². The third-order valence-corrected chi connectivity index (χ3v) is 2.05. The minimum absolute atomic E-state index is 0.193. The molecule has 0 aliphatic rings. The van der Waals surface area contributed by atoms with Crippen LogP contribution in [0.1, 0.15) is 25.0 Å². The minimum Gasteiger partial charge on any atom is -0.491 e. The third-order valence-electron chi connectivity index (χ3n) is 2.05. The number of hydrogen-bond donors (Lipinski definition) is 2. The normalized spacial score (nSPS) is 12.9. The molecule has 1 aromatic carbocycles. The second-order valence-corrected chi connectivity index (χ2v) is 3.86. The molecule has 100 valence electrons. The standard InChI is InChI=1S/C11H13F3N2O2/c1-6(2)18-7-3-4-9(11(12,13)14)8(5-7)10(15)16-17/h3-6,17H,1-2H3,(H2,15,16). The zero-order chi connectivity index (χ0) is 13.9. The van der Waals surface area contributed by atoms with Crippen LogP contribution in [0, 0.1) is 0 Å². The van der Waals surface area contributed by atoms with Crippen LogP contribution in [0.2, 0.25) is 0 Å². The summed E-state index contributed by atoms with van der Waals surface area (Å²) in [6.07, 6.45) is -4.78. The van der Waals surface area contributed by atoms with Gasteiger partial charge in [0.15, 0.2) is 5.84 Å². The number of nitrogens with two attached hydrogens (primary N) is 1. The van der Waals surface area contributed by atoms with Crippen LogP contribution in [-0.2, 0) is 6.18 Å². The van der Waals surface area contributed by atoms with Crippen molar-refractivity contribution in [2.24, 2.45) is 10.9 Å². The van der Waals surface area contributed by atoms with Crippen molar-refractivity contribution in [1.82, 2.24) is 0 Å². The number of alkyl halides is 3. The summed E-state index contributed by atoms with van der Waals surface area (Å²) in [5.41, 5.74) is 3.84. The lowest BCUT2D eigenvalue weighted by atomic mass is 10.1. The maximum Gasteiger partial charge on any atom is 0.417 e. The molecule has 0 saturated heterocycles. The molecule has 0 aromatic heterocycles. The highest BCUT2D eigenvalue weighted by atomic mass is 19.4. The summed E-state index contributed by atoms with van der Waals surface area (Å²) in [6.45, 7) is 3.47. The fraction of sp³-hybridized carbons (Fsp3) is 0.364. The summed E-state index contributed by atoms with van der Waals surface area (Å²) in [6, 6.07) is 3.12. The molecule has 0 bridgehead atoms. The Labute approximate surface area is 102 Å². The summed E-state index contributed by atoms with van der Waals surface area (Å²) in [5.74, 6) is -0.392. The number of benzene rings is 1. The summed E-state index contributed by atoms with van der Waals surface area (Å²) < 4.78 is 43.4. The van der Waals surface area contributed by atoms with Crippen LogP contribution in [-0.4, -0.2) is 17.1 Å². The monoisotopic (exact) mass is 262 g/mol. The van der Waals surface area contributed by atoms with Crippen molar-refractivity contribution in [1.29, 1.82) is 0 Å². The number of oxime groups is 1. The molecule has 0 amide bonds. The molecule has 18 heavy (non-hydrogen) atoms. The highest BCUT2D eigenvalue weighted by Crippen LogP contribution is 2.33. The van der Waals surface area contributed by atoms with Gasteiger partial charge in [-0.2, -0.15) is 13.2 Å². The van der Waals surface area contributed by atoms with E-state index in [1.165, 1.54) is 6.07 Å². The molecule has 0 heterocycles. The second kappa shape index (κ2) is 5.16. The average Bonchev–Trinajstić information content (AvgIpc) is 2.25. The van der Waals surface area contributed by atoms with E-state index < -0.39 is 23.1 Å². The highest BCUT2D eigenvalue weighted by molar-refractivity contribution is 5.99. The van der Waals surface area contributed by atoms with Crippen molar-refractivity contribution in [3.63, 3.8) is 0 Å². The summed E-state index contributed by atoms with van der Waals surface area (Å²) in [7, 11) is 0. The highest BCUT2D eigenvalue weighted by Gasteiger charge is 2.34. The van der Waals surface area contributed by atoms with Crippen LogP contribution in [0.3, 0.4) is 0 Å². The Bertz CT molecular complexity index is 456. The maximum absolute atomic E-state index is 12.7. The first-order valence-corrected chi connectivity index (χ1v) is 5.11. The fourth-order valence-corrected chi connectivity index (χ4v) is 1.38. The lowest BCUT2D eigenvalue weighted by Gasteiger charge is -2.15. The first kappa shape index (κ1) is 14.1. The largest absolute Gasteiger partial charge is 0.491 e. The lowest BCUT2D eigenvalue weighted by molar-refractivity contribution is -0.137. The van der Waals surface area contributed by atoms with Crippen molar-refractivity contribution >= 4 is 5.84 Å². The fourth-order valence-electron chi connectivity index (χ4n) is 1.38. The number of nitrogens with zero attached hydrogens (tertiary/aromatic N) is 1. The van der Waals surface area contributed by atoms with Crippen LogP contribution in [0.4, 0.5) is 13.2 Å². The molecule has 0 fully saturated rings. The summed E-state index contributed by atoms with van der Waals surface area (Å²) in [5, 5.41) is 11.1. The predicted octanol–water partition coefficient (Wildman–Crippen LogP) is 2.59. The smallest absolute Gasteiger partial charge is 0.417 e. The Hall–Kier alpha value is -1.92. The lowest BCUT2D eigenvalue weighted by Crippen LogP contribution is -2.20. The van der Waals surface area contributed by atoms with Crippen molar-refractivity contribution in [3.8, 4) is 5.75 Å². The van der Waals surface area contributed by atoms with E-state index in [9.17, 15) is 13.2 Å². The SMILES string of the molecule is CC(C)Oc1ccc(C(F)(F)F)c(/C(N)=N/O)c1. The number of rotatable bonds is 3. The predicted molar refractivity (Wildman–Crippen MR) is 59.7 cm³/mol. The Kier molecular flexibility index (Phi) is 4.05. The van der Waals surface area contributed by atoms with Gasteiger partial charge in [0.1, 0.15) is 5.75 Å². The first-order valence-electron chi connectivity index (χ1n) is 5.11. The van der Waals surface area contributed by atoms with Crippen LogP contribution in [0.25, 0.3) is 0 Å². The van der Waals surface area contributed by atoms with Crippen LogP contribution >= 0.6 is 0 Å². The average molecular weight is 262 g/mol. The molecule has 4 nitrogen and oxygen atoms in total. The van der Waals surface area contributed by atoms with Crippen molar-refractivity contribution in [2.75, 3.05) is 0 Å². The maximum atomic E-state index is 12.7. The van der Waals surface area contributed by atoms with Gasteiger partial charge >= 0.3 is 6.18 Å². The van der Waals surface area contributed by atoms with Crippen LogP contribution in [0.5, 0.6) is 5.75 Å². The quantitative estimate of drug-likeness (QED) is 0.381. The van der Waals surface area contributed by atoms with Gasteiger partial charge in [-0.3, -0.25) is 0 Å². The molecule has 1 aromatic rings. The van der Waals surface area contributed by atoms with Crippen LogP contribution < -0.4 is 10.5 Å². The molecule has 1 rings (SSSR count). The molecule has 0 radical (unpaired) electrons. The molecule has 7 heteroatoms. The van der Waals surface area contributed by atoms with E-state index in [-0.39, 0.29) is 11.9 Å². The molecule has 0 saturated carbocycles. The Balaban J connectivity index is 3.30. The van der Waals surface area contributed by atoms with E-state index in [2.05, 4.69) is 5.16 Å². The third kappa shape index (κ3) is 3.28. The summed E-state index contributed by atoms with van der Waals surface area (Å²) >= 11 is 0. The van der Waals surface area contributed by atoms with Crippen molar-refractivity contribution in [3.05, 3.63) is 29.3 Å². The number of halogens is 3. The van der Waals surface area contributed by atoms with E-state index in [1.807, 2.05) is 0 Å². The van der Waals surface area contributed by atoms with Crippen molar-refractivity contribution in [2.45, 2.75) is 26.1 Å². The van der Waals surface area contributed by atoms with Gasteiger partial charge in [-0.25, -0.2) is 0 Å². The second-order valence-electron chi connectivity index (χ2n) is 3.86. The summed E-state index contributed by atoms with van der Waals surface area (Å²) in [4.78, 5) is 0. The number of ether oxygens (including phenoxy) is 1. The van der Waals surface area contributed by atoms with Gasteiger partial charge < -0.3 is 15.7 Å². The molecule has 3 N–H and O–H groups in total. The molecular formula is C11H13F3N2O2. The van der Waals surface area contributed by atoms with Gasteiger partial charge in [-0.05, 0) is 32.0 Å². The first-order chi connectivity index (χ1) is 8.25. The Morgan fingerprint density at radius 1 is 1.39 bits per heavy atom. The van der Waals surface area contributed by atoms with Gasteiger partial charge in [0.25, 0.3) is 0 Å². The van der Waals surface area contributed by atoms with Gasteiger partial charge in [0.2, 0.25) is 0 Å². The number of amidine groups is 1. The number of hydrogen-bond acceptors (Lipinski definition) is 3. The zero-order valence-corrected chi connectivity index (χ0v) is 9.82. The topological polar surface area (TPSA) is 67.8 Å². The van der Waals surface area contributed by atoms with Crippen LogP contribution in [0.15, 0.2) is 23.4 Å². The molecule has 0 spiro atoms. The van der Waals surface area contributed by atoms with E-state index in [4.69, 9.17) is 15.7 Å². The molecule has 0 aliphatic heterocycles. The van der Waals surface area contributed by atoms with Crippen molar-refractivity contribution < 1.29 is 23.1 Å². The molecule has 0 aliphatic carbocycles. The van der Waals surface area contributed by atoms with Gasteiger partial charge in [-0.15, -0.1) is 0 Å². The van der Waals surface area contributed by atoms with Gasteiger partial charge in [0.05, 0.1) is 11.7 Å². The molecule has 0 atom stereocenters.